The van der Waals surface area contributed by atoms with Crippen LogP contribution in [0.5, 0.6) is 0 Å². The molecule has 0 saturated carbocycles. The van der Waals surface area contributed by atoms with Crippen molar-refractivity contribution in [3.63, 3.8) is 0 Å². The van der Waals surface area contributed by atoms with Crippen LogP contribution in [0.25, 0.3) is 0 Å². The Kier molecular flexibility index (Phi) is 1.55. The fourth-order valence-electron chi connectivity index (χ4n) is 1.08. The summed E-state index contributed by atoms with van der Waals surface area (Å²) in [4.78, 5) is 0. The molecule has 0 bridgehead atoms. The summed E-state index contributed by atoms with van der Waals surface area (Å²) in [5, 5.41) is 16.5. The van der Waals surface area contributed by atoms with Crippen molar-refractivity contribution in [2.45, 2.75) is 19.3 Å². The fourth-order valence-corrected chi connectivity index (χ4v) is 1.08. The molecule has 1 aliphatic heterocycles. The Labute approximate surface area is 63.3 Å². The molecule has 6 nitrogen and oxygen atoms in total. The Bertz CT molecular complexity index is 223. The Morgan fingerprint density at radius 3 is 3.09 bits per heavy atom. The highest BCUT2D eigenvalue weighted by atomic mass is 16.5. The topological polar surface area (TPSA) is 75.7 Å². The minimum absolute atomic E-state index is 0.0278. The van der Waals surface area contributed by atoms with E-state index in [0.717, 1.165) is 6.54 Å². The molecule has 0 amide bonds. The van der Waals surface area contributed by atoms with Gasteiger partial charge in [-0.1, -0.05) is 0 Å². The molecule has 1 saturated heterocycles. The molecule has 1 fully saturated rings. The third-order valence-corrected chi connectivity index (χ3v) is 1.63. The average Bonchev–Trinajstić information content (AvgIpc) is 2.55. The third kappa shape index (κ3) is 1.22. The fraction of sp³-hybridized carbons (Fsp3) is 0.800. The van der Waals surface area contributed by atoms with Gasteiger partial charge >= 0.3 is 0 Å². The zero-order chi connectivity index (χ0) is 7.68. The van der Waals surface area contributed by atoms with E-state index in [1.807, 2.05) is 6.92 Å². The molecule has 2 rings (SSSR count). The van der Waals surface area contributed by atoms with Crippen molar-refractivity contribution in [1.82, 2.24) is 25.9 Å². The lowest BCUT2D eigenvalue weighted by atomic mass is 10.3. The van der Waals surface area contributed by atoms with Gasteiger partial charge in [-0.3, -0.25) is 5.32 Å². The maximum Gasteiger partial charge on any atom is 0.179 e. The van der Waals surface area contributed by atoms with Crippen LogP contribution in [0.2, 0.25) is 0 Å². The highest BCUT2D eigenvalue weighted by Crippen LogP contribution is 2.17. The van der Waals surface area contributed by atoms with Gasteiger partial charge in [0.15, 0.2) is 5.82 Å². The summed E-state index contributed by atoms with van der Waals surface area (Å²) in [7, 11) is 0. The summed E-state index contributed by atoms with van der Waals surface area (Å²) in [6.45, 7) is 2.71. The highest BCUT2D eigenvalue weighted by molar-refractivity contribution is 4.89. The van der Waals surface area contributed by atoms with E-state index >= 15 is 0 Å². The lowest BCUT2D eigenvalue weighted by molar-refractivity contribution is 0.0481. The van der Waals surface area contributed by atoms with E-state index in [1.54, 1.807) is 0 Å². The Morgan fingerprint density at radius 2 is 2.55 bits per heavy atom. The summed E-state index contributed by atoms with van der Waals surface area (Å²) in [5.41, 5.74) is 0. The average molecular weight is 155 g/mol. The second kappa shape index (κ2) is 2.55. The smallest absolute Gasteiger partial charge is 0.179 e. The summed E-state index contributed by atoms with van der Waals surface area (Å²) < 4.78 is 5.42. The highest BCUT2D eigenvalue weighted by Gasteiger charge is 2.24. The molecule has 1 aromatic rings. The first-order valence-corrected chi connectivity index (χ1v) is 3.49. The molecule has 60 valence electrons. The summed E-state index contributed by atoms with van der Waals surface area (Å²) in [6, 6.07) is 0. The van der Waals surface area contributed by atoms with Crippen molar-refractivity contribution in [2.75, 3.05) is 6.54 Å². The van der Waals surface area contributed by atoms with Crippen LogP contribution < -0.4 is 5.32 Å². The SMILES string of the molecule is C[C@H]1NC[C@H](c2nnn[nH]2)O1. The molecule has 1 aromatic heterocycles. The standard InChI is InChI=1S/C5H9N5O/c1-3-6-2-4(11-3)5-7-9-10-8-5/h3-4,6H,2H2,1H3,(H,7,8,9,10)/t3-,4+/m0/s1. The van der Waals surface area contributed by atoms with E-state index in [2.05, 4.69) is 25.9 Å². The minimum Gasteiger partial charge on any atom is -0.351 e. The molecule has 2 atom stereocenters. The van der Waals surface area contributed by atoms with Crippen molar-refractivity contribution in [1.29, 1.82) is 0 Å². The van der Waals surface area contributed by atoms with Crippen molar-refractivity contribution in [3.8, 4) is 0 Å². The van der Waals surface area contributed by atoms with Crippen LogP contribution in [0, 0.1) is 0 Å². The van der Waals surface area contributed by atoms with Crippen LogP contribution in [0.4, 0.5) is 0 Å². The predicted molar refractivity (Wildman–Crippen MR) is 35.5 cm³/mol. The van der Waals surface area contributed by atoms with Gasteiger partial charge in [0.1, 0.15) is 12.3 Å². The van der Waals surface area contributed by atoms with E-state index in [-0.39, 0.29) is 12.3 Å². The van der Waals surface area contributed by atoms with Crippen LogP contribution in [0.1, 0.15) is 18.9 Å². The monoisotopic (exact) mass is 155 g/mol. The number of tetrazole rings is 1. The third-order valence-electron chi connectivity index (χ3n) is 1.63. The maximum atomic E-state index is 5.42. The summed E-state index contributed by atoms with van der Waals surface area (Å²) >= 11 is 0. The Balaban J connectivity index is 2.08. The maximum absolute atomic E-state index is 5.42. The van der Waals surface area contributed by atoms with Crippen molar-refractivity contribution < 1.29 is 4.74 Å². The van der Waals surface area contributed by atoms with Gasteiger partial charge in [0.2, 0.25) is 0 Å². The molecule has 0 spiro atoms. The van der Waals surface area contributed by atoms with Gasteiger partial charge in [-0.2, -0.15) is 0 Å². The van der Waals surface area contributed by atoms with Crippen LogP contribution in [0.3, 0.4) is 0 Å². The number of nitrogens with zero attached hydrogens (tertiary/aromatic N) is 3. The largest absolute Gasteiger partial charge is 0.351 e. The number of nitrogens with one attached hydrogen (secondary N) is 2. The number of aromatic amines is 1. The predicted octanol–water partition coefficient (Wildman–Crippen LogP) is -0.793. The molecule has 2 N–H and O–H groups in total. The summed E-state index contributed by atoms with van der Waals surface area (Å²) in [5.74, 6) is 0.682. The first-order valence-electron chi connectivity index (χ1n) is 3.49. The van der Waals surface area contributed by atoms with Gasteiger partial charge in [0.05, 0.1) is 0 Å². The number of rotatable bonds is 1. The lowest BCUT2D eigenvalue weighted by Crippen LogP contribution is -2.17. The van der Waals surface area contributed by atoms with E-state index in [0.29, 0.717) is 5.82 Å². The first-order chi connectivity index (χ1) is 5.36. The molecule has 1 aliphatic rings. The first kappa shape index (κ1) is 6.68. The van der Waals surface area contributed by atoms with Crippen LogP contribution >= 0.6 is 0 Å². The second-order valence-corrected chi connectivity index (χ2v) is 2.46. The molecule has 0 aliphatic carbocycles. The summed E-state index contributed by atoms with van der Waals surface area (Å²) in [6.07, 6.45) is 0.0603. The number of H-pyrrole nitrogens is 1. The van der Waals surface area contributed by atoms with Gasteiger partial charge in [-0.15, -0.1) is 5.10 Å². The number of aromatic nitrogens is 4. The van der Waals surface area contributed by atoms with Crippen molar-refractivity contribution in [2.24, 2.45) is 0 Å². The molecule has 0 aromatic carbocycles. The number of ether oxygens (including phenoxy) is 1. The molecule has 0 radical (unpaired) electrons. The van der Waals surface area contributed by atoms with Gasteiger partial charge in [-0.05, 0) is 17.4 Å². The molecule has 6 heteroatoms. The molecule has 11 heavy (non-hydrogen) atoms. The van der Waals surface area contributed by atoms with Gasteiger partial charge < -0.3 is 4.74 Å². The molecular formula is C5H9N5O. The van der Waals surface area contributed by atoms with Crippen molar-refractivity contribution in [3.05, 3.63) is 5.82 Å². The second-order valence-electron chi connectivity index (χ2n) is 2.46. The van der Waals surface area contributed by atoms with Gasteiger partial charge in [0.25, 0.3) is 0 Å². The molecule has 0 unspecified atom stereocenters. The zero-order valence-electron chi connectivity index (χ0n) is 6.11. The van der Waals surface area contributed by atoms with E-state index in [4.69, 9.17) is 4.74 Å². The quantitative estimate of drug-likeness (QED) is 0.555. The van der Waals surface area contributed by atoms with E-state index < -0.39 is 0 Å². The number of hydrogen-bond donors (Lipinski definition) is 2. The zero-order valence-corrected chi connectivity index (χ0v) is 6.11. The normalized spacial score (nSPS) is 31.0. The van der Waals surface area contributed by atoms with Crippen LogP contribution in [0.15, 0.2) is 0 Å². The lowest BCUT2D eigenvalue weighted by Gasteiger charge is -2.03. The van der Waals surface area contributed by atoms with Crippen LogP contribution in [-0.2, 0) is 4.74 Å². The van der Waals surface area contributed by atoms with Crippen molar-refractivity contribution >= 4 is 0 Å². The Morgan fingerprint density at radius 1 is 1.64 bits per heavy atom. The Hall–Kier alpha value is -1.01. The molecule has 2 heterocycles. The van der Waals surface area contributed by atoms with Crippen LogP contribution in [-0.4, -0.2) is 33.4 Å². The minimum atomic E-state index is -0.0278. The van der Waals surface area contributed by atoms with Gasteiger partial charge in [-0.25, -0.2) is 5.10 Å². The van der Waals surface area contributed by atoms with E-state index in [1.165, 1.54) is 0 Å². The van der Waals surface area contributed by atoms with E-state index in [9.17, 15) is 0 Å². The van der Waals surface area contributed by atoms with Gasteiger partial charge in [0, 0.05) is 6.54 Å². The number of hydrogen-bond acceptors (Lipinski definition) is 5. The molecular weight excluding hydrogens is 146 g/mol.